The summed E-state index contributed by atoms with van der Waals surface area (Å²) >= 11 is 0. The van der Waals surface area contributed by atoms with Crippen molar-refractivity contribution in [3.8, 4) is 0 Å². The number of rotatable bonds is 6. The largest absolute Gasteiger partial charge is 0.387 e. The zero-order valence-electron chi connectivity index (χ0n) is 11.0. The molecule has 2 N–H and O–H groups in total. The fraction of sp³-hybridized carbons (Fsp3) is 0.571. The predicted octanol–water partition coefficient (Wildman–Crippen LogP) is 2.16. The second-order valence-corrected chi connectivity index (χ2v) is 5.02. The van der Waals surface area contributed by atoms with Gasteiger partial charge in [-0.1, -0.05) is 6.07 Å². The molecule has 0 aromatic heterocycles. The lowest BCUT2D eigenvalue weighted by molar-refractivity contribution is -0.0704. The van der Waals surface area contributed by atoms with Gasteiger partial charge in [0.15, 0.2) is 0 Å². The van der Waals surface area contributed by atoms with Crippen molar-refractivity contribution in [1.29, 1.82) is 0 Å². The molecule has 0 bridgehead atoms. The topological polar surface area (TPSA) is 41.5 Å². The number of aliphatic hydroxyl groups is 1. The Morgan fingerprint density at radius 2 is 2.00 bits per heavy atom. The number of hydrogen-bond acceptors (Lipinski definition) is 3. The van der Waals surface area contributed by atoms with Gasteiger partial charge >= 0.3 is 0 Å². The molecule has 1 fully saturated rings. The minimum absolute atomic E-state index is 0.100. The Kier molecular flexibility index (Phi) is 4.50. The molecule has 106 valence electrons. The van der Waals surface area contributed by atoms with Gasteiger partial charge in [-0.3, -0.25) is 0 Å². The van der Waals surface area contributed by atoms with Crippen LogP contribution in [0, 0.1) is 11.6 Å². The lowest BCUT2D eigenvalue weighted by atomic mass is 9.80. The summed E-state index contributed by atoms with van der Waals surface area (Å²) in [5.41, 5.74) is -0.455. The first-order valence-corrected chi connectivity index (χ1v) is 6.46. The third kappa shape index (κ3) is 3.11. The highest BCUT2D eigenvalue weighted by Crippen LogP contribution is 2.34. The quantitative estimate of drug-likeness (QED) is 0.833. The number of halogens is 2. The van der Waals surface area contributed by atoms with Crippen LogP contribution in [0.3, 0.4) is 0 Å². The number of ether oxygens (including phenoxy) is 1. The van der Waals surface area contributed by atoms with Crippen LogP contribution < -0.4 is 5.32 Å². The Labute approximate surface area is 111 Å². The first-order chi connectivity index (χ1) is 9.08. The molecule has 3 nitrogen and oxygen atoms in total. The third-order valence-corrected chi connectivity index (χ3v) is 3.82. The summed E-state index contributed by atoms with van der Waals surface area (Å²) in [4.78, 5) is 0. The van der Waals surface area contributed by atoms with Crippen molar-refractivity contribution in [1.82, 2.24) is 5.32 Å². The van der Waals surface area contributed by atoms with Gasteiger partial charge < -0.3 is 15.2 Å². The number of aliphatic hydroxyl groups excluding tert-OH is 1. The molecule has 1 aliphatic carbocycles. The van der Waals surface area contributed by atoms with Crippen LogP contribution in [-0.4, -0.2) is 30.9 Å². The molecule has 1 aromatic rings. The van der Waals surface area contributed by atoms with Crippen LogP contribution in [0.1, 0.15) is 30.9 Å². The molecule has 0 heterocycles. The van der Waals surface area contributed by atoms with Crippen molar-refractivity contribution >= 4 is 0 Å². The Morgan fingerprint density at radius 1 is 1.37 bits per heavy atom. The molecular formula is C14H19F2NO2. The fourth-order valence-electron chi connectivity index (χ4n) is 2.39. The monoisotopic (exact) mass is 271 g/mol. The molecule has 5 heteroatoms. The summed E-state index contributed by atoms with van der Waals surface area (Å²) in [6, 6.07) is 3.57. The van der Waals surface area contributed by atoms with Crippen molar-refractivity contribution in [3.63, 3.8) is 0 Å². The van der Waals surface area contributed by atoms with E-state index in [-0.39, 0.29) is 17.7 Å². The highest BCUT2D eigenvalue weighted by atomic mass is 19.1. The summed E-state index contributed by atoms with van der Waals surface area (Å²) in [7, 11) is 1.66. The average Bonchev–Trinajstić information content (AvgIpc) is 2.32. The second kappa shape index (κ2) is 5.94. The fourth-order valence-corrected chi connectivity index (χ4v) is 2.39. The third-order valence-electron chi connectivity index (χ3n) is 3.82. The van der Waals surface area contributed by atoms with Crippen LogP contribution in [0.2, 0.25) is 0 Å². The Hall–Kier alpha value is -1.04. The smallest absolute Gasteiger partial charge is 0.131 e. The minimum atomic E-state index is -1.20. The molecule has 2 rings (SSSR count). The molecule has 1 atom stereocenters. The van der Waals surface area contributed by atoms with Gasteiger partial charge in [0.2, 0.25) is 0 Å². The van der Waals surface area contributed by atoms with Crippen molar-refractivity contribution < 1.29 is 18.6 Å². The van der Waals surface area contributed by atoms with E-state index in [1.807, 2.05) is 0 Å². The van der Waals surface area contributed by atoms with Crippen LogP contribution in [0.25, 0.3) is 0 Å². The van der Waals surface area contributed by atoms with Gasteiger partial charge in [-0.25, -0.2) is 8.78 Å². The summed E-state index contributed by atoms with van der Waals surface area (Å²) in [6.07, 6.45) is 1.87. The Bertz CT molecular complexity index is 410. The molecule has 19 heavy (non-hydrogen) atoms. The SMILES string of the molecule is COC1(CNCC(O)c2c(F)cccc2F)CCC1. The van der Waals surface area contributed by atoms with Crippen molar-refractivity contribution in [2.24, 2.45) is 0 Å². The van der Waals surface area contributed by atoms with E-state index in [0.717, 1.165) is 31.4 Å². The zero-order chi connectivity index (χ0) is 13.9. The van der Waals surface area contributed by atoms with E-state index < -0.39 is 17.7 Å². The number of benzene rings is 1. The maximum absolute atomic E-state index is 13.5. The van der Waals surface area contributed by atoms with Gasteiger partial charge in [0.25, 0.3) is 0 Å². The van der Waals surface area contributed by atoms with Crippen molar-refractivity contribution in [2.75, 3.05) is 20.2 Å². The molecule has 0 amide bonds. The molecule has 0 aliphatic heterocycles. The maximum Gasteiger partial charge on any atom is 0.131 e. The van der Waals surface area contributed by atoms with E-state index in [9.17, 15) is 13.9 Å². The average molecular weight is 271 g/mol. The summed E-state index contributed by atoms with van der Waals surface area (Å²) in [6.45, 7) is 0.680. The first kappa shape index (κ1) is 14.4. The van der Waals surface area contributed by atoms with Gasteiger partial charge in [-0.05, 0) is 31.4 Å². The van der Waals surface area contributed by atoms with E-state index in [4.69, 9.17) is 4.74 Å². The molecule has 1 aliphatic rings. The van der Waals surface area contributed by atoms with Gasteiger partial charge in [0, 0.05) is 20.2 Å². The van der Waals surface area contributed by atoms with Crippen molar-refractivity contribution in [2.45, 2.75) is 31.0 Å². The molecule has 1 saturated carbocycles. The molecule has 0 saturated heterocycles. The van der Waals surface area contributed by atoms with E-state index >= 15 is 0 Å². The van der Waals surface area contributed by atoms with E-state index in [1.165, 1.54) is 6.07 Å². The Morgan fingerprint density at radius 3 is 2.47 bits per heavy atom. The van der Waals surface area contributed by atoms with Crippen LogP contribution >= 0.6 is 0 Å². The highest BCUT2D eigenvalue weighted by Gasteiger charge is 2.36. The normalized spacial score (nSPS) is 18.9. The summed E-state index contributed by atoms with van der Waals surface area (Å²) < 4.78 is 32.3. The first-order valence-electron chi connectivity index (χ1n) is 6.46. The molecular weight excluding hydrogens is 252 g/mol. The van der Waals surface area contributed by atoms with Gasteiger partial charge in [-0.15, -0.1) is 0 Å². The highest BCUT2D eigenvalue weighted by molar-refractivity contribution is 5.22. The lowest BCUT2D eigenvalue weighted by Crippen LogP contribution is -2.48. The van der Waals surface area contributed by atoms with Crippen LogP contribution in [0.4, 0.5) is 8.78 Å². The molecule has 0 spiro atoms. The van der Waals surface area contributed by atoms with Gasteiger partial charge in [-0.2, -0.15) is 0 Å². The number of methoxy groups -OCH3 is 1. The second-order valence-electron chi connectivity index (χ2n) is 5.02. The van der Waals surface area contributed by atoms with E-state index in [1.54, 1.807) is 7.11 Å². The van der Waals surface area contributed by atoms with Crippen molar-refractivity contribution in [3.05, 3.63) is 35.4 Å². The maximum atomic E-state index is 13.5. The lowest BCUT2D eigenvalue weighted by Gasteiger charge is -2.40. The van der Waals surface area contributed by atoms with Crippen LogP contribution in [0.5, 0.6) is 0 Å². The number of nitrogens with one attached hydrogen (secondary N) is 1. The zero-order valence-corrected chi connectivity index (χ0v) is 11.0. The Balaban J connectivity index is 1.89. The number of hydrogen-bond donors (Lipinski definition) is 2. The van der Waals surface area contributed by atoms with Gasteiger partial charge in [0.05, 0.1) is 17.3 Å². The van der Waals surface area contributed by atoms with Crippen LogP contribution in [-0.2, 0) is 4.74 Å². The minimum Gasteiger partial charge on any atom is -0.387 e. The standard InChI is InChI=1S/C14H19F2NO2/c1-19-14(6-3-7-14)9-17-8-12(18)13-10(15)4-2-5-11(13)16/h2,4-5,12,17-18H,3,6-9H2,1H3. The molecule has 0 radical (unpaired) electrons. The summed E-state index contributed by atoms with van der Waals surface area (Å²) in [5.74, 6) is -1.45. The van der Waals surface area contributed by atoms with Crippen LogP contribution in [0.15, 0.2) is 18.2 Å². The van der Waals surface area contributed by atoms with E-state index in [2.05, 4.69) is 5.32 Å². The predicted molar refractivity (Wildman–Crippen MR) is 67.8 cm³/mol. The van der Waals surface area contributed by atoms with Gasteiger partial charge in [0.1, 0.15) is 11.6 Å². The molecule has 1 unspecified atom stereocenters. The summed E-state index contributed by atoms with van der Waals surface area (Å²) in [5, 5.41) is 12.9. The molecule has 1 aromatic carbocycles. The van der Waals surface area contributed by atoms with E-state index in [0.29, 0.717) is 6.54 Å².